The number of aliphatic hydroxyl groups is 1. The number of anilines is 2. The molecule has 148 valence electrons. The fourth-order valence-electron chi connectivity index (χ4n) is 3.27. The number of fused-ring (bicyclic) bond motifs is 1. The van der Waals surface area contributed by atoms with Gasteiger partial charge < -0.3 is 30.6 Å². The van der Waals surface area contributed by atoms with E-state index in [0.29, 0.717) is 39.6 Å². The van der Waals surface area contributed by atoms with Gasteiger partial charge in [-0.1, -0.05) is 0 Å². The first-order chi connectivity index (χ1) is 13.4. The van der Waals surface area contributed by atoms with Gasteiger partial charge in [-0.15, -0.1) is 0 Å². The Balaban J connectivity index is 2.22. The molecule has 0 aliphatic carbocycles. The number of benzene rings is 2. The van der Waals surface area contributed by atoms with Crippen LogP contribution in [0.3, 0.4) is 0 Å². The Kier molecular flexibility index (Phi) is 5.41. The van der Waals surface area contributed by atoms with Gasteiger partial charge in [0.15, 0.2) is 0 Å². The Bertz CT molecular complexity index is 1070. The molecule has 3 rings (SSSR count). The van der Waals surface area contributed by atoms with Gasteiger partial charge in [-0.25, -0.2) is 4.98 Å². The standard InChI is InChI=1S/C20H24N4O4/c1-10-7-12(8-11(2)18(10)28-6-5-25)19-23-17-15(20(26)24-19)14(27-4)9-13(22-3)16(17)21/h7-9,22,25H,5-6,21H2,1-4H3,(H,23,24,26). The summed E-state index contributed by atoms with van der Waals surface area (Å²) >= 11 is 0. The molecule has 0 atom stereocenters. The van der Waals surface area contributed by atoms with Crippen LogP contribution in [0, 0.1) is 13.8 Å². The Morgan fingerprint density at radius 1 is 1.25 bits per heavy atom. The van der Waals surface area contributed by atoms with E-state index in [1.807, 2.05) is 26.0 Å². The second-order valence-corrected chi connectivity index (χ2v) is 6.44. The lowest BCUT2D eigenvalue weighted by molar-refractivity contribution is 0.200. The number of aromatic nitrogens is 2. The van der Waals surface area contributed by atoms with Gasteiger partial charge in [-0.3, -0.25) is 4.79 Å². The Morgan fingerprint density at radius 3 is 2.50 bits per heavy atom. The van der Waals surface area contributed by atoms with Crippen LogP contribution in [0.15, 0.2) is 23.0 Å². The molecule has 0 fully saturated rings. The highest BCUT2D eigenvalue weighted by atomic mass is 16.5. The number of H-pyrrole nitrogens is 1. The molecule has 0 amide bonds. The number of nitrogen functional groups attached to an aromatic ring is 1. The normalized spacial score (nSPS) is 10.9. The number of rotatable bonds is 6. The van der Waals surface area contributed by atoms with Gasteiger partial charge in [0, 0.05) is 18.7 Å². The third-order valence-electron chi connectivity index (χ3n) is 4.55. The lowest BCUT2D eigenvalue weighted by atomic mass is 10.0. The van der Waals surface area contributed by atoms with E-state index in [1.165, 1.54) is 7.11 Å². The van der Waals surface area contributed by atoms with Crippen LogP contribution in [0.1, 0.15) is 11.1 Å². The van der Waals surface area contributed by atoms with E-state index in [0.717, 1.165) is 16.7 Å². The van der Waals surface area contributed by atoms with Crippen LogP contribution in [-0.4, -0.2) is 42.4 Å². The Morgan fingerprint density at radius 2 is 1.93 bits per heavy atom. The lowest BCUT2D eigenvalue weighted by Crippen LogP contribution is -2.13. The highest BCUT2D eigenvalue weighted by Crippen LogP contribution is 2.35. The average molecular weight is 384 g/mol. The van der Waals surface area contributed by atoms with Gasteiger partial charge in [-0.05, 0) is 37.1 Å². The zero-order valence-electron chi connectivity index (χ0n) is 16.3. The van der Waals surface area contributed by atoms with Crippen LogP contribution in [0.4, 0.5) is 11.4 Å². The van der Waals surface area contributed by atoms with E-state index < -0.39 is 0 Å². The molecular formula is C20H24N4O4. The molecule has 0 aliphatic rings. The van der Waals surface area contributed by atoms with Gasteiger partial charge in [0.25, 0.3) is 5.56 Å². The summed E-state index contributed by atoms with van der Waals surface area (Å²) in [6.45, 7) is 3.96. The Hall–Kier alpha value is -3.26. The summed E-state index contributed by atoms with van der Waals surface area (Å²) in [6, 6.07) is 5.42. The van der Waals surface area contributed by atoms with Gasteiger partial charge in [0.1, 0.15) is 34.8 Å². The summed E-state index contributed by atoms with van der Waals surface area (Å²) in [7, 11) is 3.23. The number of hydrogen-bond acceptors (Lipinski definition) is 7. The molecule has 0 aliphatic heterocycles. The number of nitrogens with zero attached hydrogens (tertiary/aromatic N) is 1. The first kappa shape index (κ1) is 19.5. The van der Waals surface area contributed by atoms with Crippen molar-refractivity contribution in [1.29, 1.82) is 0 Å². The van der Waals surface area contributed by atoms with Crippen molar-refractivity contribution in [3.8, 4) is 22.9 Å². The van der Waals surface area contributed by atoms with Crippen molar-refractivity contribution in [3.63, 3.8) is 0 Å². The number of methoxy groups -OCH3 is 1. The predicted octanol–water partition coefficient (Wildman–Crippen LogP) is 2.21. The molecular weight excluding hydrogens is 360 g/mol. The summed E-state index contributed by atoms with van der Waals surface area (Å²) in [5, 5.41) is 12.3. The molecule has 0 spiro atoms. The molecule has 0 bridgehead atoms. The molecule has 0 saturated heterocycles. The van der Waals surface area contributed by atoms with Gasteiger partial charge in [-0.2, -0.15) is 0 Å². The maximum Gasteiger partial charge on any atom is 0.262 e. The number of aromatic amines is 1. The van der Waals surface area contributed by atoms with Crippen molar-refractivity contribution in [2.45, 2.75) is 13.8 Å². The quantitative estimate of drug-likeness (QED) is 0.481. The average Bonchev–Trinajstić information content (AvgIpc) is 2.67. The smallest absolute Gasteiger partial charge is 0.262 e. The van der Waals surface area contributed by atoms with Crippen molar-refractivity contribution in [1.82, 2.24) is 9.97 Å². The number of aliphatic hydroxyl groups excluding tert-OH is 1. The molecule has 8 nitrogen and oxygen atoms in total. The van der Waals surface area contributed by atoms with Gasteiger partial charge in [0.05, 0.1) is 25.1 Å². The van der Waals surface area contributed by atoms with Crippen molar-refractivity contribution < 1.29 is 14.6 Å². The van der Waals surface area contributed by atoms with Crippen LogP contribution in [0.2, 0.25) is 0 Å². The van der Waals surface area contributed by atoms with Gasteiger partial charge >= 0.3 is 0 Å². The maximum absolute atomic E-state index is 12.8. The second-order valence-electron chi connectivity index (χ2n) is 6.44. The number of hydrogen-bond donors (Lipinski definition) is 4. The predicted molar refractivity (Wildman–Crippen MR) is 110 cm³/mol. The summed E-state index contributed by atoms with van der Waals surface area (Å²) in [5.74, 6) is 1.51. The largest absolute Gasteiger partial charge is 0.496 e. The molecule has 1 aromatic heterocycles. The van der Waals surface area contributed by atoms with Crippen LogP contribution < -0.4 is 26.1 Å². The van der Waals surface area contributed by atoms with E-state index in [2.05, 4.69) is 15.3 Å². The van der Waals surface area contributed by atoms with Crippen molar-refractivity contribution in [2.24, 2.45) is 0 Å². The topological polar surface area (TPSA) is 122 Å². The highest BCUT2D eigenvalue weighted by molar-refractivity contribution is 6.00. The molecule has 0 unspecified atom stereocenters. The van der Waals surface area contributed by atoms with Crippen LogP contribution in [0.25, 0.3) is 22.3 Å². The van der Waals surface area contributed by atoms with Crippen LogP contribution in [-0.2, 0) is 0 Å². The molecule has 5 N–H and O–H groups in total. The zero-order chi connectivity index (χ0) is 20.4. The fourth-order valence-corrected chi connectivity index (χ4v) is 3.27. The Labute approximate surface area is 162 Å². The maximum atomic E-state index is 12.8. The first-order valence-corrected chi connectivity index (χ1v) is 8.84. The second kappa shape index (κ2) is 7.77. The van der Waals surface area contributed by atoms with Crippen LogP contribution >= 0.6 is 0 Å². The van der Waals surface area contributed by atoms with Crippen molar-refractivity contribution in [3.05, 3.63) is 39.7 Å². The summed E-state index contributed by atoms with van der Waals surface area (Å²) in [4.78, 5) is 20.2. The zero-order valence-corrected chi connectivity index (χ0v) is 16.3. The molecule has 28 heavy (non-hydrogen) atoms. The number of nitrogens with two attached hydrogens (primary N) is 1. The molecule has 0 radical (unpaired) electrons. The van der Waals surface area contributed by atoms with E-state index in [1.54, 1.807) is 13.1 Å². The molecule has 2 aromatic carbocycles. The SMILES string of the molecule is CNc1cc(OC)c2c(=O)[nH]c(-c3cc(C)c(OCCO)c(C)c3)nc2c1N. The third-order valence-corrected chi connectivity index (χ3v) is 4.55. The molecule has 8 heteroatoms. The van der Waals surface area contributed by atoms with E-state index >= 15 is 0 Å². The van der Waals surface area contributed by atoms with Gasteiger partial charge in [0.2, 0.25) is 0 Å². The number of ether oxygens (including phenoxy) is 2. The lowest BCUT2D eigenvalue weighted by Gasteiger charge is -2.15. The van der Waals surface area contributed by atoms with Crippen LogP contribution in [0.5, 0.6) is 11.5 Å². The summed E-state index contributed by atoms with van der Waals surface area (Å²) in [6.07, 6.45) is 0. The summed E-state index contributed by atoms with van der Waals surface area (Å²) < 4.78 is 10.9. The molecule has 1 heterocycles. The fraction of sp³-hybridized carbons (Fsp3) is 0.300. The van der Waals surface area contributed by atoms with E-state index in [9.17, 15) is 4.79 Å². The van der Waals surface area contributed by atoms with Crippen molar-refractivity contribution >= 4 is 22.3 Å². The first-order valence-electron chi connectivity index (χ1n) is 8.84. The minimum absolute atomic E-state index is 0.0604. The number of aryl methyl sites for hydroxylation is 2. The summed E-state index contributed by atoms with van der Waals surface area (Å²) in [5.41, 5.74) is 9.77. The molecule has 3 aromatic rings. The minimum Gasteiger partial charge on any atom is -0.496 e. The minimum atomic E-state index is -0.331. The van der Waals surface area contributed by atoms with Crippen molar-refractivity contribution in [2.75, 3.05) is 38.4 Å². The number of nitrogens with one attached hydrogen (secondary N) is 2. The van der Waals surface area contributed by atoms with E-state index in [-0.39, 0.29) is 18.8 Å². The van der Waals surface area contributed by atoms with E-state index in [4.69, 9.17) is 20.3 Å². The molecule has 0 saturated carbocycles. The highest BCUT2D eigenvalue weighted by Gasteiger charge is 2.17. The third kappa shape index (κ3) is 3.34. The monoisotopic (exact) mass is 384 g/mol.